The maximum Gasteiger partial charge on any atom is 0.0959 e. The van der Waals surface area contributed by atoms with Crippen LogP contribution in [-0.2, 0) is 0 Å². The molecule has 17 heavy (non-hydrogen) atoms. The molecule has 1 atom stereocenters. The van der Waals surface area contributed by atoms with Crippen molar-refractivity contribution in [3.63, 3.8) is 0 Å². The summed E-state index contributed by atoms with van der Waals surface area (Å²) >= 11 is 1.89. The van der Waals surface area contributed by atoms with Crippen molar-refractivity contribution < 1.29 is 0 Å². The van der Waals surface area contributed by atoms with Crippen molar-refractivity contribution >= 4 is 11.3 Å². The van der Waals surface area contributed by atoms with Crippen molar-refractivity contribution in [3.8, 4) is 0 Å². The summed E-state index contributed by atoms with van der Waals surface area (Å²) < 4.78 is 0. The molecular formula is C14H24N2S. The molecule has 1 unspecified atom stereocenters. The molecule has 0 bridgehead atoms. The van der Waals surface area contributed by atoms with Gasteiger partial charge in [0.1, 0.15) is 0 Å². The first-order valence-corrected chi connectivity index (χ1v) is 7.83. The van der Waals surface area contributed by atoms with E-state index in [0.717, 1.165) is 12.5 Å². The van der Waals surface area contributed by atoms with E-state index in [1.54, 1.807) is 0 Å². The third kappa shape index (κ3) is 3.29. The molecule has 3 heteroatoms. The normalized spacial score (nSPS) is 19.4. The van der Waals surface area contributed by atoms with Gasteiger partial charge >= 0.3 is 0 Å². The van der Waals surface area contributed by atoms with Crippen LogP contribution >= 0.6 is 11.3 Å². The van der Waals surface area contributed by atoms with E-state index in [1.165, 1.54) is 49.2 Å². The molecule has 1 aliphatic carbocycles. The predicted molar refractivity (Wildman–Crippen MR) is 74.9 cm³/mol. The van der Waals surface area contributed by atoms with Crippen LogP contribution in [0.2, 0.25) is 0 Å². The number of hydrogen-bond donors (Lipinski definition) is 1. The molecule has 1 N–H and O–H groups in total. The number of nitrogens with zero attached hydrogens (tertiary/aromatic N) is 1. The zero-order valence-electron chi connectivity index (χ0n) is 11.0. The fraction of sp³-hybridized carbons (Fsp3) is 0.786. The fourth-order valence-corrected chi connectivity index (χ4v) is 3.80. The highest BCUT2D eigenvalue weighted by Crippen LogP contribution is 2.35. The van der Waals surface area contributed by atoms with E-state index in [2.05, 4.69) is 17.6 Å². The summed E-state index contributed by atoms with van der Waals surface area (Å²) in [7, 11) is 2.02. The number of rotatable bonds is 5. The molecule has 1 fully saturated rings. The van der Waals surface area contributed by atoms with Gasteiger partial charge in [0.2, 0.25) is 0 Å². The second-order valence-corrected chi connectivity index (χ2v) is 6.00. The number of likely N-dealkylation sites (N-methyl/N-ethyl adjacent to an activating group) is 1. The second kappa shape index (κ2) is 6.50. The van der Waals surface area contributed by atoms with Crippen LogP contribution in [0.1, 0.15) is 68.0 Å². The number of aromatic nitrogens is 1. The highest BCUT2D eigenvalue weighted by molar-refractivity contribution is 7.09. The number of hydrogen-bond acceptors (Lipinski definition) is 3. The molecule has 1 heterocycles. The van der Waals surface area contributed by atoms with Gasteiger partial charge in [0.25, 0.3) is 0 Å². The van der Waals surface area contributed by atoms with E-state index in [0.29, 0.717) is 5.92 Å². The highest BCUT2D eigenvalue weighted by atomic mass is 32.1. The molecule has 0 radical (unpaired) electrons. The van der Waals surface area contributed by atoms with Gasteiger partial charge in [0.15, 0.2) is 0 Å². The fourth-order valence-electron chi connectivity index (χ4n) is 2.73. The summed E-state index contributed by atoms with van der Waals surface area (Å²) in [6, 6.07) is 0. The summed E-state index contributed by atoms with van der Waals surface area (Å²) in [5, 5.41) is 6.96. The zero-order chi connectivity index (χ0) is 12.1. The van der Waals surface area contributed by atoms with Crippen molar-refractivity contribution in [1.82, 2.24) is 10.3 Å². The van der Waals surface area contributed by atoms with Crippen LogP contribution in [0, 0.1) is 0 Å². The molecule has 1 aliphatic rings. The molecule has 1 saturated carbocycles. The Labute approximate surface area is 109 Å². The minimum absolute atomic E-state index is 0.591. The number of thiazole rings is 1. The van der Waals surface area contributed by atoms with E-state index in [9.17, 15) is 0 Å². The average molecular weight is 252 g/mol. The molecule has 0 aromatic carbocycles. The van der Waals surface area contributed by atoms with E-state index < -0.39 is 0 Å². The Hall–Kier alpha value is -0.410. The third-order valence-corrected chi connectivity index (χ3v) is 4.88. The second-order valence-electron chi connectivity index (χ2n) is 5.11. The zero-order valence-corrected chi connectivity index (χ0v) is 11.9. The molecule has 0 spiro atoms. The quantitative estimate of drug-likeness (QED) is 0.859. The average Bonchev–Trinajstić information content (AvgIpc) is 2.86. The van der Waals surface area contributed by atoms with Gasteiger partial charge < -0.3 is 5.32 Å². The lowest BCUT2D eigenvalue weighted by atomic mass is 9.90. The third-order valence-electron chi connectivity index (χ3n) is 3.86. The van der Waals surface area contributed by atoms with E-state index in [-0.39, 0.29) is 0 Å². The van der Waals surface area contributed by atoms with Crippen molar-refractivity contribution in [2.24, 2.45) is 0 Å². The van der Waals surface area contributed by atoms with E-state index >= 15 is 0 Å². The van der Waals surface area contributed by atoms with Gasteiger partial charge in [-0.25, -0.2) is 4.98 Å². The van der Waals surface area contributed by atoms with Crippen molar-refractivity contribution in [2.75, 3.05) is 13.6 Å². The Morgan fingerprint density at radius 1 is 1.41 bits per heavy atom. The van der Waals surface area contributed by atoms with Crippen molar-refractivity contribution in [1.29, 1.82) is 0 Å². The summed E-state index contributed by atoms with van der Waals surface area (Å²) in [5.41, 5.74) is 1.31. The standard InChI is InChI=1S/C14H24N2S/c1-3-11(9-15-2)13-10-17-14(16-13)12-7-5-4-6-8-12/h10-12,15H,3-9H2,1-2H3. The van der Waals surface area contributed by atoms with Gasteiger partial charge in [-0.05, 0) is 26.3 Å². The van der Waals surface area contributed by atoms with Crippen molar-refractivity contribution in [2.45, 2.75) is 57.3 Å². The monoisotopic (exact) mass is 252 g/mol. The lowest BCUT2D eigenvalue weighted by Crippen LogP contribution is -2.17. The Morgan fingerprint density at radius 2 is 2.18 bits per heavy atom. The van der Waals surface area contributed by atoms with Crippen LogP contribution in [-0.4, -0.2) is 18.6 Å². The Morgan fingerprint density at radius 3 is 2.82 bits per heavy atom. The first kappa shape index (κ1) is 13.0. The van der Waals surface area contributed by atoms with Gasteiger partial charge in [0.05, 0.1) is 10.7 Å². The maximum absolute atomic E-state index is 4.90. The SMILES string of the molecule is CCC(CNC)c1csc(C2CCCCC2)n1. The molecule has 2 nitrogen and oxygen atoms in total. The predicted octanol–water partition coefficient (Wildman–Crippen LogP) is 3.90. The minimum Gasteiger partial charge on any atom is -0.319 e. The maximum atomic E-state index is 4.90. The molecule has 0 aliphatic heterocycles. The van der Waals surface area contributed by atoms with Crippen LogP contribution < -0.4 is 5.32 Å². The largest absolute Gasteiger partial charge is 0.319 e. The summed E-state index contributed by atoms with van der Waals surface area (Å²) in [6.07, 6.45) is 8.10. The summed E-state index contributed by atoms with van der Waals surface area (Å²) in [4.78, 5) is 4.90. The lowest BCUT2D eigenvalue weighted by Gasteiger charge is -2.19. The minimum atomic E-state index is 0.591. The topological polar surface area (TPSA) is 24.9 Å². The van der Waals surface area contributed by atoms with Crippen LogP contribution in [0.5, 0.6) is 0 Å². The van der Waals surface area contributed by atoms with Gasteiger partial charge in [-0.2, -0.15) is 0 Å². The van der Waals surface area contributed by atoms with Crippen LogP contribution in [0.15, 0.2) is 5.38 Å². The van der Waals surface area contributed by atoms with Gasteiger partial charge in [-0.15, -0.1) is 11.3 Å². The van der Waals surface area contributed by atoms with Gasteiger partial charge in [-0.1, -0.05) is 26.2 Å². The lowest BCUT2D eigenvalue weighted by molar-refractivity contribution is 0.441. The molecule has 2 rings (SSSR count). The van der Waals surface area contributed by atoms with Crippen LogP contribution in [0.4, 0.5) is 0 Å². The number of nitrogens with one attached hydrogen (secondary N) is 1. The molecular weight excluding hydrogens is 228 g/mol. The highest BCUT2D eigenvalue weighted by Gasteiger charge is 2.20. The summed E-state index contributed by atoms with van der Waals surface area (Å²) in [5.74, 6) is 1.35. The van der Waals surface area contributed by atoms with Crippen LogP contribution in [0.25, 0.3) is 0 Å². The van der Waals surface area contributed by atoms with Gasteiger partial charge in [0, 0.05) is 23.8 Å². The summed E-state index contributed by atoms with van der Waals surface area (Å²) in [6.45, 7) is 3.30. The smallest absolute Gasteiger partial charge is 0.0959 e. The van der Waals surface area contributed by atoms with E-state index in [4.69, 9.17) is 4.98 Å². The molecule has 1 aromatic heterocycles. The Kier molecular flexibility index (Phi) is 4.99. The Balaban J connectivity index is 2.03. The van der Waals surface area contributed by atoms with Crippen molar-refractivity contribution in [3.05, 3.63) is 16.1 Å². The van der Waals surface area contributed by atoms with Gasteiger partial charge in [-0.3, -0.25) is 0 Å². The first-order valence-electron chi connectivity index (χ1n) is 6.95. The molecule has 96 valence electrons. The molecule has 1 aromatic rings. The molecule has 0 saturated heterocycles. The van der Waals surface area contributed by atoms with E-state index in [1.807, 2.05) is 18.4 Å². The molecule has 0 amide bonds. The van der Waals surface area contributed by atoms with Crippen LogP contribution in [0.3, 0.4) is 0 Å². The Bertz CT molecular complexity index is 309. The first-order chi connectivity index (χ1) is 8.35.